The molecule has 2 bridgehead atoms. The fourth-order valence-corrected chi connectivity index (χ4v) is 4.17. The maximum atomic E-state index is 12.1. The van der Waals surface area contributed by atoms with Gasteiger partial charge in [-0.2, -0.15) is 0 Å². The van der Waals surface area contributed by atoms with Gasteiger partial charge in [0.05, 0.1) is 0 Å². The highest BCUT2D eigenvalue weighted by atomic mass is 16.6. The molecule has 0 aliphatic heterocycles. The number of allylic oxidation sites excluding steroid dienone is 2. The van der Waals surface area contributed by atoms with Crippen molar-refractivity contribution in [2.24, 2.45) is 17.8 Å². The number of hydrogen-bond donors (Lipinski definition) is 0. The van der Waals surface area contributed by atoms with Gasteiger partial charge in [-0.3, -0.25) is 4.79 Å². The van der Waals surface area contributed by atoms with E-state index in [2.05, 4.69) is 19.1 Å². The molecule has 0 saturated heterocycles. The normalized spacial score (nSPS) is 36.2. The molecule has 3 unspecified atom stereocenters. The van der Waals surface area contributed by atoms with E-state index in [0.717, 1.165) is 25.2 Å². The van der Waals surface area contributed by atoms with Crippen LogP contribution >= 0.6 is 0 Å². The Bertz CT molecular complexity index is 352. The number of esters is 1. The summed E-state index contributed by atoms with van der Waals surface area (Å²) in [6.45, 7) is 2.15. The van der Waals surface area contributed by atoms with Crippen LogP contribution in [0.1, 0.15) is 58.3 Å². The number of fused-ring (bicyclic) bond motifs is 2. The smallest absolute Gasteiger partial charge is 0.306 e. The highest BCUT2D eigenvalue weighted by Gasteiger charge is 2.40. The van der Waals surface area contributed by atoms with Gasteiger partial charge in [-0.05, 0) is 62.7 Å². The van der Waals surface area contributed by atoms with E-state index in [9.17, 15) is 4.79 Å². The lowest BCUT2D eigenvalue weighted by atomic mass is 9.90. The summed E-state index contributed by atoms with van der Waals surface area (Å²) in [4.78, 5) is 12.1. The van der Waals surface area contributed by atoms with Crippen LogP contribution in [0.25, 0.3) is 0 Å². The van der Waals surface area contributed by atoms with Gasteiger partial charge < -0.3 is 4.74 Å². The molecule has 0 radical (unpaired) electrons. The second kappa shape index (κ2) is 4.71. The van der Waals surface area contributed by atoms with Crippen LogP contribution in [0.2, 0.25) is 0 Å². The molecule has 2 saturated carbocycles. The predicted octanol–water partition coefficient (Wildman–Crippen LogP) is 3.85. The van der Waals surface area contributed by atoms with Gasteiger partial charge >= 0.3 is 5.97 Å². The zero-order valence-electron chi connectivity index (χ0n) is 11.4. The van der Waals surface area contributed by atoms with E-state index in [1.807, 2.05) is 0 Å². The molecule has 0 heterocycles. The third-order valence-corrected chi connectivity index (χ3v) is 5.33. The molecule has 100 valence electrons. The summed E-state index contributed by atoms with van der Waals surface area (Å²) < 4.78 is 5.85. The topological polar surface area (TPSA) is 26.3 Å². The van der Waals surface area contributed by atoms with E-state index in [4.69, 9.17) is 4.74 Å². The first-order valence-corrected chi connectivity index (χ1v) is 7.61. The van der Waals surface area contributed by atoms with Crippen LogP contribution in [0.4, 0.5) is 0 Å². The Kier molecular flexibility index (Phi) is 3.21. The van der Waals surface area contributed by atoms with E-state index < -0.39 is 0 Å². The standard InChI is InChI=1S/C16H24O2/c1-2-16(7-3-4-8-16)18-15(17)11-14-10-12-5-6-13(14)9-12/h5-6,12-14H,2-4,7-11H2,1H3. The van der Waals surface area contributed by atoms with Crippen LogP contribution in [0.15, 0.2) is 12.2 Å². The van der Waals surface area contributed by atoms with Gasteiger partial charge in [-0.1, -0.05) is 19.1 Å². The number of hydrogen-bond acceptors (Lipinski definition) is 2. The van der Waals surface area contributed by atoms with Crippen molar-refractivity contribution in [2.75, 3.05) is 0 Å². The van der Waals surface area contributed by atoms with Gasteiger partial charge in [0, 0.05) is 6.42 Å². The molecule has 3 aliphatic rings. The predicted molar refractivity (Wildman–Crippen MR) is 71.0 cm³/mol. The summed E-state index contributed by atoms with van der Waals surface area (Å²) in [6.07, 6.45) is 13.3. The molecule has 0 aromatic rings. The lowest BCUT2D eigenvalue weighted by Crippen LogP contribution is -2.32. The Morgan fingerprint density at radius 1 is 1.28 bits per heavy atom. The van der Waals surface area contributed by atoms with E-state index >= 15 is 0 Å². The van der Waals surface area contributed by atoms with Crippen molar-refractivity contribution in [1.29, 1.82) is 0 Å². The number of carbonyl (C=O) groups excluding carboxylic acids is 1. The Morgan fingerprint density at radius 2 is 2.06 bits per heavy atom. The third-order valence-electron chi connectivity index (χ3n) is 5.33. The summed E-state index contributed by atoms with van der Waals surface area (Å²) in [5.74, 6) is 2.02. The third kappa shape index (κ3) is 2.22. The molecule has 0 N–H and O–H groups in total. The zero-order valence-corrected chi connectivity index (χ0v) is 11.4. The van der Waals surface area contributed by atoms with Crippen LogP contribution < -0.4 is 0 Å². The molecule has 3 atom stereocenters. The first-order valence-electron chi connectivity index (χ1n) is 7.61. The Labute approximate surface area is 110 Å². The molecule has 0 spiro atoms. The van der Waals surface area contributed by atoms with Crippen LogP contribution in [-0.4, -0.2) is 11.6 Å². The van der Waals surface area contributed by atoms with E-state index in [0.29, 0.717) is 18.3 Å². The Hall–Kier alpha value is -0.790. The maximum Gasteiger partial charge on any atom is 0.306 e. The van der Waals surface area contributed by atoms with Gasteiger partial charge in [0.25, 0.3) is 0 Å². The van der Waals surface area contributed by atoms with E-state index in [1.165, 1.54) is 25.7 Å². The van der Waals surface area contributed by atoms with Gasteiger partial charge in [-0.15, -0.1) is 0 Å². The van der Waals surface area contributed by atoms with Crippen molar-refractivity contribution in [3.05, 3.63) is 12.2 Å². The van der Waals surface area contributed by atoms with Crippen molar-refractivity contribution < 1.29 is 9.53 Å². The van der Waals surface area contributed by atoms with Gasteiger partial charge in [0.2, 0.25) is 0 Å². The fourth-order valence-electron chi connectivity index (χ4n) is 4.17. The van der Waals surface area contributed by atoms with Crippen LogP contribution in [-0.2, 0) is 9.53 Å². The molecule has 2 heteroatoms. The minimum atomic E-state index is -0.107. The van der Waals surface area contributed by atoms with Crippen molar-refractivity contribution in [3.8, 4) is 0 Å². The summed E-state index contributed by atoms with van der Waals surface area (Å²) in [7, 11) is 0. The van der Waals surface area contributed by atoms with Crippen LogP contribution in [0.5, 0.6) is 0 Å². The maximum absolute atomic E-state index is 12.1. The monoisotopic (exact) mass is 248 g/mol. The van der Waals surface area contributed by atoms with Crippen molar-refractivity contribution >= 4 is 5.97 Å². The summed E-state index contributed by atoms with van der Waals surface area (Å²) in [5.41, 5.74) is -0.107. The number of rotatable bonds is 4. The Balaban J connectivity index is 1.54. The average Bonchev–Trinajstić information content (AvgIpc) is 3.04. The quantitative estimate of drug-likeness (QED) is 0.558. The van der Waals surface area contributed by atoms with Crippen molar-refractivity contribution in [2.45, 2.75) is 63.9 Å². The minimum Gasteiger partial charge on any atom is -0.459 e. The number of carbonyl (C=O) groups is 1. The SMILES string of the molecule is CCC1(OC(=O)CC2CC3C=CC2C3)CCCC1. The van der Waals surface area contributed by atoms with Gasteiger partial charge in [0.1, 0.15) is 5.60 Å². The molecule has 0 aromatic heterocycles. The van der Waals surface area contributed by atoms with Gasteiger partial charge in [-0.25, -0.2) is 0 Å². The minimum absolute atomic E-state index is 0.0599. The molecule has 18 heavy (non-hydrogen) atoms. The molecule has 3 aliphatic carbocycles. The largest absolute Gasteiger partial charge is 0.459 e. The molecule has 3 rings (SSSR count). The average molecular weight is 248 g/mol. The van der Waals surface area contributed by atoms with E-state index in [1.54, 1.807) is 0 Å². The highest BCUT2D eigenvalue weighted by molar-refractivity contribution is 5.70. The first kappa shape index (κ1) is 12.3. The molecule has 0 amide bonds. The first-order chi connectivity index (χ1) is 8.71. The molecule has 2 fully saturated rings. The van der Waals surface area contributed by atoms with E-state index in [-0.39, 0.29) is 11.6 Å². The van der Waals surface area contributed by atoms with Gasteiger partial charge in [0.15, 0.2) is 0 Å². The van der Waals surface area contributed by atoms with Crippen molar-refractivity contribution in [3.63, 3.8) is 0 Å². The van der Waals surface area contributed by atoms with Crippen molar-refractivity contribution in [1.82, 2.24) is 0 Å². The number of ether oxygens (including phenoxy) is 1. The zero-order chi connectivity index (χ0) is 12.6. The van der Waals surface area contributed by atoms with Crippen LogP contribution in [0, 0.1) is 17.8 Å². The highest BCUT2D eigenvalue weighted by Crippen LogP contribution is 2.45. The lowest BCUT2D eigenvalue weighted by molar-refractivity contribution is -0.161. The summed E-state index contributed by atoms with van der Waals surface area (Å²) in [5, 5.41) is 0. The molecule has 2 nitrogen and oxygen atoms in total. The summed E-state index contributed by atoms with van der Waals surface area (Å²) >= 11 is 0. The molecular formula is C16H24O2. The molecule has 0 aromatic carbocycles. The van der Waals surface area contributed by atoms with Crippen LogP contribution in [0.3, 0.4) is 0 Å². The molecular weight excluding hydrogens is 224 g/mol. The fraction of sp³-hybridized carbons (Fsp3) is 0.812. The second-order valence-electron chi connectivity index (χ2n) is 6.46. The lowest BCUT2D eigenvalue weighted by Gasteiger charge is -2.29. The second-order valence-corrected chi connectivity index (χ2v) is 6.46. The Morgan fingerprint density at radius 3 is 2.61 bits per heavy atom. The summed E-state index contributed by atoms with van der Waals surface area (Å²) in [6, 6.07) is 0.